The first kappa shape index (κ1) is 31.3. The van der Waals surface area contributed by atoms with Gasteiger partial charge in [-0.15, -0.1) is 0 Å². The average Bonchev–Trinajstić information content (AvgIpc) is 2.83. The highest BCUT2D eigenvalue weighted by molar-refractivity contribution is 5.94. The molecule has 0 aliphatic rings. The van der Waals surface area contributed by atoms with Crippen LogP contribution in [0.1, 0.15) is 45.6 Å². The Balaban J connectivity index is 2.99. The number of amides is 3. The van der Waals surface area contributed by atoms with E-state index in [0.29, 0.717) is 12.0 Å². The second-order valence-corrected chi connectivity index (χ2v) is 8.91. The summed E-state index contributed by atoms with van der Waals surface area (Å²) in [6.45, 7) is 4.67. The Morgan fingerprint density at radius 1 is 0.892 bits per heavy atom. The minimum absolute atomic E-state index is 0.00167. The van der Waals surface area contributed by atoms with E-state index in [0.717, 1.165) is 0 Å². The molecule has 0 saturated heterocycles. The van der Waals surface area contributed by atoms with Crippen LogP contribution < -0.4 is 21.7 Å². The van der Waals surface area contributed by atoms with Gasteiger partial charge in [-0.05, 0) is 37.0 Å². The lowest BCUT2D eigenvalue weighted by molar-refractivity contribution is -0.143. The van der Waals surface area contributed by atoms with Crippen molar-refractivity contribution in [2.24, 2.45) is 11.7 Å². The van der Waals surface area contributed by atoms with Gasteiger partial charge in [0.1, 0.15) is 23.9 Å². The van der Waals surface area contributed by atoms with Crippen LogP contribution in [-0.2, 0) is 30.4 Å². The lowest BCUT2D eigenvalue weighted by atomic mass is 9.96. The van der Waals surface area contributed by atoms with Crippen LogP contribution in [0, 0.1) is 5.92 Å². The van der Waals surface area contributed by atoms with Crippen LogP contribution in [0.25, 0.3) is 0 Å². The van der Waals surface area contributed by atoms with Crippen molar-refractivity contribution in [1.82, 2.24) is 16.0 Å². The summed E-state index contributed by atoms with van der Waals surface area (Å²) in [6.07, 6.45) is -1.60. The molecule has 6 atom stereocenters. The number of phenols is 1. The summed E-state index contributed by atoms with van der Waals surface area (Å²) in [7, 11) is 0. The Bertz CT molecular complexity index is 952. The number of rotatable bonds is 15. The van der Waals surface area contributed by atoms with Gasteiger partial charge in [0.25, 0.3) is 0 Å². The van der Waals surface area contributed by atoms with Crippen molar-refractivity contribution >= 4 is 29.7 Å². The van der Waals surface area contributed by atoms with Gasteiger partial charge in [-0.1, -0.05) is 32.4 Å². The molecule has 1 aromatic carbocycles. The standard InChI is InChI=1S/C24H36N4O9/c1-4-12(2)19(22(34)26-17(24(36)37)11-14-5-7-15(30)8-6-14)27-23(35)20(13(3)29)28-21(33)16(25)9-10-18(31)32/h5-8,12-13,16-17,19-20,29-30H,4,9-11,25H2,1-3H3,(H,26,34)(H,27,35)(H,28,33)(H,31,32)(H,36,37). The van der Waals surface area contributed by atoms with Crippen LogP contribution in [0.3, 0.4) is 0 Å². The first-order valence-corrected chi connectivity index (χ1v) is 11.8. The molecular formula is C24H36N4O9. The zero-order valence-corrected chi connectivity index (χ0v) is 21.0. The van der Waals surface area contributed by atoms with Crippen molar-refractivity contribution < 1.29 is 44.4 Å². The summed E-state index contributed by atoms with van der Waals surface area (Å²) >= 11 is 0. The number of carbonyl (C=O) groups is 5. The monoisotopic (exact) mass is 524 g/mol. The average molecular weight is 525 g/mol. The fourth-order valence-corrected chi connectivity index (χ4v) is 3.35. The Kier molecular flexibility index (Phi) is 12.5. The van der Waals surface area contributed by atoms with Crippen LogP contribution >= 0.6 is 0 Å². The molecule has 0 aliphatic carbocycles. The topological polar surface area (TPSA) is 228 Å². The van der Waals surface area contributed by atoms with Crippen LogP contribution in [0.15, 0.2) is 24.3 Å². The molecule has 0 bridgehead atoms. The van der Waals surface area contributed by atoms with Crippen molar-refractivity contribution in [3.05, 3.63) is 29.8 Å². The van der Waals surface area contributed by atoms with E-state index >= 15 is 0 Å². The maximum Gasteiger partial charge on any atom is 0.326 e. The number of aromatic hydroxyl groups is 1. The maximum atomic E-state index is 13.1. The van der Waals surface area contributed by atoms with Gasteiger partial charge >= 0.3 is 11.9 Å². The zero-order valence-electron chi connectivity index (χ0n) is 21.0. The minimum atomic E-state index is -1.50. The SMILES string of the molecule is CCC(C)C(NC(=O)C(NC(=O)C(N)CCC(=O)O)C(C)O)C(=O)NC(Cc1ccc(O)cc1)C(=O)O. The number of hydrogen-bond donors (Lipinski definition) is 8. The van der Waals surface area contributed by atoms with E-state index in [1.165, 1.54) is 31.2 Å². The van der Waals surface area contributed by atoms with E-state index in [1.54, 1.807) is 13.8 Å². The van der Waals surface area contributed by atoms with E-state index in [1.807, 2.05) is 0 Å². The van der Waals surface area contributed by atoms with E-state index in [2.05, 4.69) is 16.0 Å². The molecule has 1 rings (SSSR count). The lowest BCUT2D eigenvalue weighted by Gasteiger charge is -2.29. The fraction of sp³-hybridized carbons (Fsp3) is 0.542. The molecule has 37 heavy (non-hydrogen) atoms. The molecule has 13 heteroatoms. The van der Waals surface area contributed by atoms with Crippen molar-refractivity contribution in [3.8, 4) is 5.75 Å². The second-order valence-electron chi connectivity index (χ2n) is 8.91. The normalized spacial score (nSPS) is 15.8. The highest BCUT2D eigenvalue weighted by Gasteiger charge is 2.34. The van der Waals surface area contributed by atoms with Crippen LogP contribution in [0.5, 0.6) is 5.75 Å². The quantitative estimate of drug-likeness (QED) is 0.141. The predicted molar refractivity (Wildman–Crippen MR) is 131 cm³/mol. The molecule has 0 saturated carbocycles. The smallest absolute Gasteiger partial charge is 0.326 e. The number of carbonyl (C=O) groups excluding carboxylic acids is 3. The summed E-state index contributed by atoms with van der Waals surface area (Å²) in [5, 5.41) is 45.0. The van der Waals surface area contributed by atoms with Gasteiger partial charge in [-0.2, -0.15) is 0 Å². The van der Waals surface area contributed by atoms with Crippen molar-refractivity contribution in [3.63, 3.8) is 0 Å². The molecule has 0 radical (unpaired) electrons. The molecule has 0 aliphatic heterocycles. The fourth-order valence-electron chi connectivity index (χ4n) is 3.35. The second kappa shape index (κ2) is 14.8. The van der Waals surface area contributed by atoms with Crippen molar-refractivity contribution in [2.45, 2.75) is 76.7 Å². The summed E-state index contributed by atoms with van der Waals surface area (Å²) in [6, 6.07) is 0.528. The molecule has 206 valence electrons. The third-order valence-electron chi connectivity index (χ3n) is 5.85. The molecule has 0 aromatic heterocycles. The number of phenolic OH excluding ortho intramolecular Hbond substituents is 1. The van der Waals surface area contributed by atoms with Gasteiger partial charge in [-0.3, -0.25) is 19.2 Å². The zero-order chi connectivity index (χ0) is 28.3. The highest BCUT2D eigenvalue weighted by Crippen LogP contribution is 2.13. The largest absolute Gasteiger partial charge is 0.508 e. The molecule has 9 N–H and O–H groups in total. The summed E-state index contributed by atoms with van der Waals surface area (Å²) in [5.74, 6) is -5.44. The maximum absolute atomic E-state index is 13.1. The van der Waals surface area contributed by atoms with Gasteiger partial charge < -0.3 is 42.1 Å². The lowest BCUT2D eigenvalue weighted by Crippen LogP contribution is -2.61. The number of aliphatic hydroxyl groups excluding tert-OH is 1. The Morgan fingerprint density at radius 2 is 1.43 bits per heavy atom. The molecule has 13 nitrogen and oxygen atoms in total. The molecular weight excluding hydrogens is 488 g/mol. The number of nitrogens with one attached hydrogen (secondary N) is 3. The first-order valence-electron chi connectivity index (χ1n) is 11.8. The molecule has 0 fully saturated rings. The summed E-state index contributed by atoms with van der Waals surface area (Å²) in [4.78, 5) is 60.8. The Labute approximate surface area is 214 Å². The van der Waals surface area contributed by atoms with E-state index in [-0.39, 0.29) is 25.0 Å². The number of carboxylic acid groups (broad SMARTS) is 2. The molecule has 0 heterocycles. The van der Waals surface area contributed by atoms with Crippen molar-refractivity contribution in [2.75, 3.05) is 0 Å². The number of aliphatic hydroxyl groups is 1. The van der Waals surface area contributed by atoms with Crippen molar-refractivity contribution in [1.29, 1.82) is 0 Å². The molecule has 0 spiro atoms. The summed E-state index contributed by atoms with van der Waals surface area (Å²) in [5.41, 5.74) is 6.21. The van der Waals surface area contributed by atoms with Crippen LogP contribution in [0.2, 0.25) is 0 Å². The Morgan fingerprint density at radius 3 is 1.92 bits per heavy atom. The van der Waals surface area contributed by atoms with Gasteiger partial charge in [0.05, 0.1) is 12.1 Å². The van der Waals surface area contributed by atoms with Gasteiger partial charge in [0.15, 0.2) is 0 Å². The number of carboxylic acids is 2. The number of nitrogens with two attached hydrogens (primary N) is 1. The third-order valence-corrected chi connectivity index (χ3v) is 5.85. The van der Waals surface area contributed by atoms with Crippen LogP contribution in [0.4, 0.5) is 0 Å². The Hall–Kier alpha value is -3.71. The number of hydrogen-bond acceptors (Lipinski definition) is 8. The van der Waals surface area contributed by atoms with Gasteiger partial charge in [0, 0.05) is 12.8 Å². The number of aliphatic carboxylic acids is 2. The van der Waals surface area contributed by atoms with Gasteiger partial charge in [-0.25, -0.2) is 4.79 Å². The highest BCUT2D eigenvalue weighted by atomic mass is 16.4. The predicted octanol–water partition coefficient (Wildman–Crippen LogP) is -0.907. The third kappa shape index (κ3) is 10.4. The van der Waals surface area contributed by atoms with E-state index in [4.69, 9.17) is 10.8 Å². The minimum Gasteiger partial charge on any atom is -0.508 e. The number of benzene rings is 1. The first-order chi connectivity index (χ1) is 17.3. The molecule has 1 aromatic rings. The summed E-state index contributed by atoms with van der Waals surface area (Å²) < 4.78 is 0. The molecule has 6 unspecified atom stereocenters. The van der Waals surface area contributed by atoms with Crippen LogP contribution in [-0.4, -0.2) is 80.4 Å². The molecule has 3 amide bonds. The van der Waals surface area contributed by atoms with E-state index < -0.39 is 65.8 Å². The van der Waals surface area contributed by atoms with E-state index in [9.17, 15) is 39.3 Å². The van der Waals surface area contributed by atoms with Gasteiger partial charge in [0.2, 0.25) is 17.7 Å².